The molecular formula is C10H11BrO. The van der Waals surface area contributed by atoms with Crippen LogP contribution in [0.1, 0.15) is 11.5 Å². The maximum Gasteiger partial charge on any atom is 0.0534 e. The molecule has 0 amide bonds. The van der Waals surface area contributed by atoms with Gasteiger partial charge in [0.25, 0.3) is 0 Å². The monoisotopic (exact) mass is 226 g/mol. The van der Waals surface area contributed by atoms with E-state index in [-0.39, 0.29) is 12.5 Å². The maximum absolute atomic E-state index is 9.01. The molecule has 0 heterocycles. The summed E-state index contributed by atoms with van der Waals surface area (Å²) in [7, 11) is 0. The van der Waals surface area contributed by atoms with E-state index >= 15 is 0 Å². The molecule has 0 unspecified atom stereocenters. The summed E-state index contributed by atoms with van der Waals surface area (Å²) in [5.41, 5.74) is 1.08. The minimum absolute atomic E-state index is 0.0283. The third kappa shape index (κ3) is 1.96. The van der Waals surface area contributed by atoms with Crippen LogP contribution >= 0.6 is 15.9 Å². The van der Waals surface area contributed by atoms with Crippen LogP contribution in [0.3, 0.4) is 0 Å². The van der Waals surface area contributed by atoms with Gasteiger partial charge in [-0.05, 0) is 11.6 Å². The molecule has 1 N–H and O–H groups in total. The minimum atomic E-state index is 0.0283. The third-order valence-corrected chi connectivity index (χ3v) is 2.51. The van der Waals surface area contributed by atoms with E-state index in [1.807, 2.05) is 24.3 Å². The van der Waals surface area contributed by atoms with Gasteiger partial charge in [-0.15, -0.1) is 6.58 Å². The Morgan fingerprint density at radius 3 is 2.67 bits per heavy atom. The SMILES string of the molecule is C=C[C@@H](CO)c1ccccc1Br. The van der Waals surface area contributed by atoms with E-state index in [2.05, 4.69) is 22.5 Å². The van der Waals surface area contributed by atoms with E-state index in [1.54, 1.807) is 6.08 Å². The van der Waals surface area contributed by atoms with Crippen LogP contribution in [-0.4, -0.2) is 11.7 Å². The van der Waals surface area contributed by atoms with Crippen molar-refractivity contribution in [3.63, 3.8) is 0 Å². The molecule has 64 valence electrons. The van der Waals surface area contributed by atoms with Crippen molar-refractivity contribution in [2.75, 3.05) is 6.61 Å². The van der Waals surface area contributed by atoms with Gasteiger partial charge in [-0.25, -0.2) is 0 Å². The van der Waals surface area contributed by atoms with Crippen LogP contribution in [-0.2, 0) is 0 Å². The van der Waals surface area contributed by atoms with Crippen LogP contribution in [0.15, 0.2) is 41.4 Å². The molecule has 2 heteroatoms. The molecule has 1 atom stereocenters. The third-order valence-electron chi connectivity index (χ3n) is 1.79. The molecule has 0 saturated carbocycles. The Morgan fingerprint density at radius 2 is 2.17 bits per heavy atom. The van der Waals surface area contributed by atoms with Crippen LogP contribution in [0.2, 0.25) is 0 Å². The van der Waals surface area contributed by atoms with Crippen molar-refractivity contribution in [3.8, 4) is 0 Å². The van der Waals surface area contributed by atoms with Crippen molar-refractivity contribution in [1.29, 1.82) is 0 Å². The Kier molecular flexibility index (Phi) is 3.50. The molecule has 0 bridgehead atoms. The van der Waals surface area contributed by atoms with E-state index in [9.17, 15) is 0 Å². The van der Waals surface area contributed by atoms with Gasteiger partial charge in [-0.3, -0.25) is 0 Å². The van der Waals surface area contributed by atoms with Crippen molar-refractivity contribution in [3.05, 3.63) is 47.0 Å². The molecule has 0 spiro atoms. The molecule has 0 aliphatic heterocycles. The van der Waals surface area contributed by atoms with Crippen molar-refractivity contribution in [1.82, 2.24) is 0 Å². The zero-order valence-corrected chi connectivity index (χ0v) is 8.29. The molecule has 0 aliphatic carbocycles. The normalized spacial score (nSPS) is 12.5. The number of hydrogen-bond donors (Lipinski definition) is 1. The van der Waals surface area contributed by atoms with Gasteiger partial charge in [0, 0.05) is 10.4 Å². The summed E-state index contributed by atoms with van der Waals surface area (Å²) in [5.74, 6) is 0.0283. The zero-order chi connectivity index (χ0) is 8.97. The van der Waals surface area contributed by atoms with Crippen molar-refractivity contribution < 1.29 is 5.11 Å². The van der Waals surface area contributed by atoms with E-state index < -0.39 is 0 Å². The number of rotatable bonds is 3. The molecule has 0 saturated heterocycles. The second kappa shape index (κ2) is 4.43. The van der Waals surface area contributed by atoms with E-state index in [0.29, 0.717) is 0 Å². The number of aliphatic hydroxyl groups excluding tert-OH is 1. The fraction of sp³-hybridized carbons (Fsp3) is 0.200. The van der Waals surface area contributed by atoms with Gasteiger partial charge in [-0.2, -0.15) is 0 Å². The lowest BCUT2D eigenvalue weighted by atomic mass is 10.0. The number of hydrogen-bond acceptors (Lipinski definition) is 1. The Balaban J connectivity index is 3.00. The number of benzene rings is 1. The van der Waals surface area contributed by atoms with Gasteiger partial charge >= 0.3 is 0 Å². The molecule has 0 fully saturated rings. The summed E-state index contributed by atoms with van der Waals surface area (Å²) in [4.78, 5) is 0. The summed E-state index contributed by atoms with van der Waals surface area (Å²) in [5, 5.41) is 9.01. The first-order chi connectivity index (χ1) is 5.79. The summed E-state index contributed by atoms with van der Waals surface area (Å²) in [6.07, 6.45) is 1.75. The zero-order valence-electron chi connectivity index (χ0n) is 6.70. The van der Waals surface area contributed by atoms with E-state index in [0.717, 1.165) is 10.0 Å². The van der Waals surface area contributed by atoms with E-state index in [1.165, 1.54) is 0 Å². The fourth-order valence-electron chi connectivity index (χ4n) is 1.08. The lowest BCUT2D eigenvalue weighted by molar-refractivity contribution is 0.283. The molecule has 1 aromatic rings. The van der Waals surface area contributed by atoms with Gasteiger partial charge < -0.3 is 5.11 Å². The van der Waals surface area contributed by atoms with E-state index in [4.69, 9.17) is 5.11 Å². The first kappa shape index (κ1) is 9.49. The molecule has 1 rings (SSSR count). The Labute approximate surface area is 80.9 Å². The summed E-state index contributed by atoms with van der Waals surface area (Å²) in [6.45, 7) is 3.77. The quantitative estimate of drug-likeness (QED) is 0.787. The second-order valence-electron chi connectivity index (χ2n) is 2.55. The predicted octanol–water partition coefficient (Wildman–Crippen LogP) is 2.71. The van der Waals surface area contributed by atoms with Gasteiger partial charge in [-0.1, -0.05) is 40.2 Å². The summed E-state index contributed by atoms with van der Waals surface area (Å²) < 4.78 is 1.02. The Hall–Kier alpha value is -0.600. The highest BCUT2D eigenvalue weighted by Gasteiger charge is 2.07. The lowest BCUT2D eigenvalue weighted by Gasteiger charge is -2.10. The molecule has 12 heavy (non-hydrogen) atoms. The van der Waals surface area contributed by atoms with Crippen molar-refractivity contribution in [2.24, 2.45) is 0 Å². The molecule has 1 nitrogen and oxygen atoms in total. The topological polar surface area (TPSA) is 20.2 Å². The van der Waals surface area contributed by atoms with Gasteiger partial charge in [0.05, 0.1) is 6.61 Å². The standard InChI is InChI=1S/C10H11BrO/c1-2-8(7-12)9-5-3-4-6-10(9)11/h2-6,8,12H,1,7H2/t8-/m0/s1. The molecule has 0 aromatic heterocycles. The second-order valence-corrected chi connectivity index (χ2v) is 3.40. The van der Waals surface area contributed by atoms with Crippen LogP contribution < -0.4 is 0 Å². The summed E-state index contributed by atoms with van der Waals surface area (Å²) >= 11 is 3.42. The first-order valence-corrected chi connectivity index (χ1v) is 4.56. The molecule has 0 aliphatic rings. The van der Waals surface area contributed by atoms with Gasteiger partial charge in [0.15, 0.2) is 0 Å². The molecular weight excluding hydrogens is 216 g/mol. The largest absolute Gasteiger partial charge is 0.395 e. The molecule has 1 aromatic carbocycles. The lowest BCUT2D eigenvalue weighted by Crippen LogP contribution is -2.00. The van der Waals surface area contributed by atoms with Crippen LogP contribution in [0, 0.1) is 0 Å². The average molecular weight is 227 g/mol. The maximum atomic E-state index is 9.01. The van der Waals surface area contributed by atoms with Crippen LogP contribution in [0.25, 0.3) is 0 Å². The van der Waals surface area contributed by atoms with Crippen molar-refractivity contribution in [2.45, 2.75) is 5.92 Å². The first-order valence-electron chi connectivity index (χ1n) is 3.77. The number of aliphatic hydroxyl groups is 1. The average Bonchev–Trinajstić information content (AvgIpc) is 2.10. The Morgan fingerprint density at radius 1 is 1.50 bits per heavy atom. The summed E-state index contributed by atoms with van der Waals surface area (Å²) in [6, 6.07) is 7.84. The molecule has 0 radical (unpaired) electrons. The highest BCUT2D eigenvalue weighted by molar-refractivity contribution is 9.10. The predicted molar refractivity (Wildman–Crippen MR) is 54.2 cm³/mol. The van der Waals surface area contributed by atoms with Gasteiger partial charge in [0.2, 0.25) is 0 Å². The van der Waals surface area contributed by atoms with Crippen molar-refractivity contribution >= 4 is 15.9 Å². The highest BCUT2D eigenvalue weighted by atomic mass is 79.9. The fourth-order valence-corrected chi connectivity index (χ4v) is 1.65. The van der Waals surface area contributed by atoms with Crippen LogP contribution in [0.5, 0.6) is 0 Å². The highest BCUT2D eigenvalue weighted by Crippen LogP contribution is 2.24. The Bertz CT molecular complexity index is 270. The minimum Gasteiger partial charge on any atom is -0.395 e. The van der Waals surface area contributed by atoms with Crippen LogP contribution in [0.4, 0.5) is 0 Å². The number of halogens is 1. The van der Waals surface area contributed by atoms with Gasteiger partial charge in [0.1, 0.15) is 0 Å². The smallest absolute Gasteiger partial charge is 0.0534 e.